The molecular weight excluding hydrogens is 238 g/mol. The lowest BCUT2D eigenvalue weighted by atomic mass is 9.68. The first kappa shape index (κ1) is 14.6. The Morgan fingerprint density at radius 2 is 2.00 bits per heavy atom. The van der Waals surface area contributed by atoms with Crippen LogP contribution in [0.2, 0.25) is 0 Å². The Bertz CT molecular complexity index is 354. The molecule has 19 heavy (non-hydrogen) atoms. The van der Waals surface area contributed by atoms with E-state index in [4.69, 9.17) is 0 Å². The van der Waals surface area contributed by atoms with E-state index in [9.17, 15) is 10.2 Å². The van der Waals surface area contributed by atoms with Crippen LogP contribution in [0.1, 0.15) is 38.5 Å². The van der Waals surface area contributed by atoms with E-state index in [2.05, 4.69) is 25.1 Å². The summed E-state index contributed by atoms with van der Waals surface area (Å²) >= 11 is 0. The van der Waals surface area contributed by atoms with Gasteiger partial charge in [0.2, 0.25) is 0 Å². The lowest BCUT2D eigenvalue weighted by Gasteiger charge is -2.44. The van der Waals surface area contributed by atoms with Crippen molar-refractivity contribution >= 4 is 0 Å². The largest absolute Gasteiger partial charge is 0.508 e. The van der Waals surface area contributed by atoms with E-state index in [0.29, 0.717) is 11.7 Å². The van der Waals surface area contributed by atoms with Crippen molar-refractivity contribution in [3.8, 4) is 0 Å². The van der Waals surface area contributed by atoms with Crippen molar-refractivity contribution in [3.05, 3.63) is 24.0 Å². The topological polar surface area (TPSA) is 43.7 Å². The van der Waals surface area contributed by atoms with E-state index >= 15 is 0 Å². The molecule has 2 aliphatic carbocycles. The fourth-order valence-corrected chi connectivity index (χ4v) is 3.56. The highest BCUT2D eigenvalue weighted by Gasteiger charge is 2.41. The van der Waals surface area contributed by atoms with E-state index in [-0.39, 0.29) is 5.92 Å². The van der Waals surface area contributed by atoms with Gasteiger partial charge in [-0.2, -0.15) is 0 Å². The highest BCUT2D eigenvalue weighted by atomic mass is 16.3. The molecule has 0 aromatic rings. The monoisotopic (exact) mass is 265 g/mol. The number of aliphatic hydroxyl groups is 2. The molecule has 2 aliphatic rings. The first-order valence-electron chi connectivity index (χ1n) is 7.46. The minimum Gasteiger partial charge on any atom is -0.508 e. The normalized spacial score (nSPS) is 28.2. The molecule has 1 saturated carbocycles. The highest BCUT2D eigenvalue weighted by Crippen LogP contribution is 2.40. The lowest BCUT2D eigenvalue weighted by Crippen LogP contribution is -2.47. The van der Waals surface area contributed by atoms with Crippen LogP contribution in [0.15, 0.2) is 24.0 Å². The first-order chi connectivity index (χ1) is 9.01. The van der Waals surface area contributed by atoms with Gasteiger partial charge in [0.05, 0.1) is 5.60 Å². The van der Waals surface area contributed by atoms with Crippen LogP contribution in [-0.4, -0.2) is 41.4 Å². The Morgan fingerprint density at radius 3 is 2.53 bits per heavy atom. The molecule has 2 atom stereocenters. The summed E-state index contributed by atoms with van der Waals surface area (Å²) < 4.78 is 0. The maximum atomic E-state index is 11.1. The van der Waals surface area contributed by atoms with Gasteiger partial charge in [-0.1, -0.05) is 25.3 Å². The van der Waals surface area contributed by atoms with Crippen molar-refractivity contribution in [2.24, 2.45) is 11.8 Å². The predicted octanol–water partition coefficient (Wildman–Crippen LogP) is 2.88. The number of hydrogen-bond acceptors (Lipinski definition) is 3. The molecule has 0 spiro atoms. The zero-order valence-corrected chi connectivity index (χ0v) is 12.2. The van der Waals surface area contributed by atoms with Crippen LogP contribution in [0.25, 0.3) is 0 Å². The quantitative estimate of drug-likeness (QED) is 0.821. The molecule has 108 valence electrons. The Morgan fingerprint density at radius 1 is 1.32 bits per heavy atom. The molecule has 0 aliphatic heterocycles. The Labute approximate surface area is 116 Å². The summed E-state index contributed by atoms with van der Waals surface area (Å²) in [6, 6.07) is 0. The highest BCUT2D eigenvalue weighted by molar-refractivity contribution is 5.18. The number of allylic oxidation sites excluding steroid dienone is 3. The zero-order valence-electron chi connectivity index (χ0n) is 12.2. The summed E-state index contributed by atoms with van der Waals surface area (Å²) in [6.07, 6.45) is 11.9. The van der Waals surface area contributed by atoms with Gasteiger partial charge in [-0.15, -0.1) is 0 Å². The number of aliphatic hydroxyl groups excluding tert-OH is 1. The fourth-order valence-electron chi connectivity index (χ4n) is 3.56. The summed E-state index contributed by atoms with van der Waals surface area (Å²) in [5.41, 5.74) is -0.529. The summed E-state index contributed by atoms with van der Waals surface area (Å²) in [6.45, 7) is 0.903. The van der Waals surface area contributed by atoms with Gasteiger partial charge in [0.15, 0.2) is 0 Å². The molecule has 0 amide bonds. The van der Waals surface area contributed by atoms with Gasteiger partial charge in [0.25, 0.3) is 0 Å². The molecule has 0 aromatic carbocycles. The lowest BCUT2D eigenvalue weighted by molar-refractivity contribution is -0.0705. The molecule has 1 fully saturated rings. The minimum absolute atomic E-state index is 0.253. The van der Waals surface area contributed by atoms with Crippen LogP contribution in [0, 0.1) is 11.8 Å². The third kappa shape index (κ3) is 3.61. The van der Waals surface area contributed by atoms with E-state index < -0.39 is 5.60 Å². The van der Waals surface area contributed by atoms with Crippen LogP contribution in [0.5, 0.6) is 0 Å². The number of hydrogen-bond donors (Lipinski definition) is 2. The van der Waals surface area contributed by atoms with Gasteiger partial charge in [0.1, 0.15) is 5.76 Å². The first-order valence-corrected chi connectivity index (χ1v) is 7.46. The second kappa shape index (κ2) is 6.10. The summed E-state index contributed by atoms with van der Waals surface area (Å²) in [5, 5.41) is 20.5. The molecule has 3 heteroatoms. The van der Waals surface area contributed by atoms with Crippen molar-refractivity contribution in [1.82, 2.24) is 4.90 Å². The standard InChI is InChI=1S/C16H27NO2/c1-17(2)12-15(13-6-8-14(18)9-7-13)16(19)10-4-3-5-11-16/h6,8-9,13,15,18-19H,3-5,7,10-12H2,1-2H3. The smallest absolute Gasteiger partial charge is 0.111 e. The molecule has 2 rings (SSSR count). The maximum Gasteiger partial charge on any atom is 0.111 e. The zero-order chi connectivity index (χ0) is 13.9. The van der Waals surface area contributed by atoms with Crippen LogP contribution in [0.4, 0.5) is 0 Å². The van der Waals surface area contributed by atoms with Crippen LogP contribution >= 0.6 is 0 Å². The Kier molecular flexibility index (Phi) is 4.69. The molecule has 2 unspecified atom stereocenters. The Hall–Kier alpha value is -0.800. The average Bonchev–Trinajstić information content (AvgIpc) is 2.38. The van der Waals surface area contributed by atoms with Crippen molar-refractivity contribution in [1.29, 1.82) is 0 Å². The van der Waals surface area contributed by atoms with Crippen LogP contribution in [0.3, 0.4) is 0 Å². The summed E-state index contributed by atoms with van der Waals surface area (Å²) in [7, 11) is 4.14. The third-order valence-electron chi connectivity index (χ3n) is 4.60. The minimum atomic E-state index is -0.529. The summed E-state index contributed by atoms with van der Waals surface area (Å²) in [4.78, 5) is 2.17. The van der Waals surface area contributed by atoms with Crippen LogP contribution in [-0.2, 0) is 0 Å². The van der Waals surface area contributed by atoms with Gasteiger partial charge in [-0.25, -0.2) is 0 Å². The van der Waals surface area contributed by atoms with Gasteiger partial charge >= 0.3 is 0 Å². The third-order valence-corrected chi connectivity index (χ3v) is 4.60. The number of rotatable bonds is 4. The fraction of sp³-hybridized carbons (Fsp3) is 0.750. The van der Waals surface area contributed by atoms with Crippen LogP contribution < -0.4 is 0 Å². The van der Waals surface area contributed by atoms with Crippen molar-refractivity contribution < 1.29 is 10.2 Å². The van der Waals surface area contributed by atoms with E-state index in [1.165, 1.54) is 6.42 Å². The maximum absolute atomic E-state index is 11.1. The van der Waals surface area contributed by atoms with Gasteiger partial charge < -0.3 is 15.1 Å². The van der Waals surface area contributed by atoms with Crippen molar-refractivity contribution in [2.45, 2.75) is 44.1 Å². The van der Waals surface area contributed by atoms with E-state index in [1.54, 1.807) is 6.08 Å². The van der Waals surface area contributed by atoms with Gasteiger partial charge in [0, 0.05) is 12.5 Å². The van der Waals surface area contributed by atoms with E-state index in [0.717, 1.165) is 38.6 Å². The Balaban J connectivity index is 2.13. The molecule has 3 nitrogen and oxygen atoms in total. The SMILES string of the molecule is CN(C)CC(C1C=CC(O)=CC1)C1(O)CCCCC1. The van der Waals surface area contributed by atoms with Gasteiger partial charge in [-0.3, -0.25) is 0 Å². The van der Waals surface area contributed by atoms with Gasteiger partial charge in [-0.05, 0) is 51.4 Å². The molecule has 2 N–H and O–H groups in total. The molecule has 0 heterocycles. The molecule has 0 radical (unpaired) electrons. The molecular formula is C16H27NO2. The molecule has 0 bridgehead atoms. The van der Waals surface area contributed by atoms with E-state index in [1.807, 2.05) is 6.08 Å². The molecule has 0 aromatic heterocycles. The molecule has 0 saturated heterocycles. The average molecular weight is 265 g/mol. The predicted molar refractivity (Wildman–Crippen MR) is 78.0 cm³/mol. The second-order valence-electron chi connectivity index (χ2n) is 6.42. The second-order valence-corrected chi connectivity index (χ2v) is 6.42. The van der Waals surface area contributed by atoms with Crippen molar-refractivity contribution in [2.75, 3.05) is 20.6 Å². The summed E-state index contributed by atoms with van der Waals surface area (Å²) in [5.74, 6) is 0.945. The number of nitrogens with zero attached hydrogens (tertiary/aromatic N) is 1. The van der Waals surface area contributed by atoms with Crippen molar-refractivity contribution in [3.63, 3.8) is 0 Å².